The van der Waals surface area contributed by atoms with E-state index in [-0.39, 0.29) is 27.7 Å². The lowest BCUT2D eigenvalue weighted by molar-refractivity contribution is -0.119. The fourth-order valence-electron chi connectivity index (χ4n) is 3.20. The molecule has 0 aliphatic rings. The molecule has 0 aliphatic carbocycles. The number of phenols is 1. The molecular formula is C19H15ClF2N2O3. The molecule has 0 aliphatic heterocycles. The van der Waals surface area contributed by atoms with E-state index in [1.54, 1.807) is 12.1 Å². The number of aromatic nitrogens is 1. The third-order valence-corrected chi connectivity index (χ3v) is 4.78. The maximum atomic E-state index is 14.7. The maximum Gasteiger partial charge on any atom is 0.262 e. The van der Waals surface area contributed by atoms with Crippen LogP contribution < -0.4 is 5.73 Å². The number of nitrogens with two attached hydrogens (primary N) is 1. The number of fused-ring (bicyclic) bond motifs is 1. The van der Waals surface area contributed by atoms with Crippen LogP contribution in [0.1, 0.15) is 34.5 Å². The van der Waals surface area contributed by atoms with Crippen LogP contribution >= 0.6 is 11.6 Å². The van der Waals surface area contributed by atoms with Crippen molar-refractivity contribution in [2.75, 3.05) is 0 Å². The maximum absolute atomic E-state index is 14.7. The van der Waals surface area contributed by atoms with Crippen LogP contribution in [0.3, 0.4) is 0 Å². The van der Waals surface area contributed by atoms with E-state index in [9.17, 15) is 23.5 Å². The van der Waals surface area contributed by atoms with Crippen LogP contribution in [0.2, 0.25) is 5.02 Å². The molecule has 140 valence electrons. The number of rotatable bonds is 3. The normalized spacial score (nSPS) is 12.3. The third kappa shape index (κ3) is 2.94. The average Bonchev–Trinajstić information content (AvgIpc) is 2.90. The van der Waals surface area contributed by atoms with E-state index in [0.717, 1.165) is 10.6 Å². The van der Waals surface area contributed by atoms with Crippen LogP contribution in [0.5, 0.6) is 5.75 Å². The van der Waals surface area contributed by atoms with Crippen molar-refractivity contribution in [3.8, 4) is 5.75 Å². The van der Waals surface area contributed by atoms with Gasteiger partial charge in [-0.2, -0.15) is 0 Å². The molecule has 0 bridgehead atoms. The van der Waals surface area contributed by atoms with Crippen LogP contribution in [-0.4, -0.2) is 21.5 Å². The third-order valence-electron chi connectivity index (χ3n) is 4.54. The first-order valence-corrected chi connectivity index (χ1v) is 8.34. The molecule has 0 spiro atoms. The van der Waals surface area contributed by atoms with E-state index < -0.39 is 35.1 Å². The fourth-order valence-corrected chi connectivity index (χ4v) is 3.39. The van der Waals surface area contributed by atoms with Gasteiger partial charge in [-0.25, -0.2) is 8.78 Å². The Labute approximate surface area is 158 Å². The second-order valence-corrected chi connectivity index (χ2v) is 6.63. The number of hydrogen-bond acceptors (Lipinski definition) is 3. The van der Waals surface area contributed by atoms with E-state index in [0.29, 0.717) is 5.02 Å². The summed E-state index contributed by atoms with van der Waals surface area (Å²) in [7, 11) is 0. The molecule has 2 aromatic carbocycles. The van der Waals surface area contributed by atoms with Gasteiger partial charge in [0.1, 0.15) is 0 Å². The zero-order valence-corrected chi connectivity index (χ0v) is 15.1. The SMILES string of the molecule is Cc1c([C@@H](C)C(N)=O)c2c(F)c(O)c(F)cc2n1C(=O)c1cccc(Cl)c1. The van der Waals surface area contributed by atoms with E-state index >= 15 is 0 Å². The van der Waals surface area contributed by atoms with Crippen molar-refractivity contribution < 1.29 is 23.5 Å². The summed E-state index contributed by atoms with van der Waals surface area (Å²) >= 11 is 5.93. The zero-order chi connectivity index (χ0) is 20.0. The lowest BCUT2D eigenvalue weighted by Gasteiger charge is -2.10. The first-order valence-electron chi connectivity index (χ1n) is 7.96. The van der Waals surface area contributed by atoms with Gasteiger partial charge in [-0.05, 0) is 37.6 Å². The molecular weight excluding hydrogens is 378 g/mol. The number of carbonyl (C=O) groups excluding carboxylic acids is 2. The quantitative estimate of drug-likeness (QED) is 0.709. The number of halogens is 3. The highest BCUT2D eigenvalue weighted by molar-refractivity contribution is 6.31. The number of nitrogens with zero attached hydrogens (tertiary/aromatic N) is 1. The minimum atomic E-state index is -1.26. The number of benzene rings is 2. The van der Waals surface area contributed by atoms with Gasteiger partial charge in [-0.15, -0.1) is 0 Å². The summed E-state index contributed by atoms with van der Waals surface area (Å²) in [5.74, 6) is -5.99. The molecule has 0 saturated carbocycles. The summed E-state index contributed by atoms with van der Waals surface area (Å²) in [6.07, 6.45) is 0. The number of primary amides is 1. The van der Waals surface area contributed by atoms with Crippen LogP contribution in [0, 0.1) is 18.6 Å². The Morgan fingerprint density at radius 3 is 2.52 bits per heavy atom. The number of amides is 1. The summed E-state index contributed by atoms with van der Waals surface area (Å²) < 4.78 is 29.8. The standard InChI is InChI=1S/C19H15ClF2N2O3/c1-8(18(23)26)14-9(2)24(19(27)10-4-3-5-11(20)6-10)13-7-12(21)17(25)16(22)15(13)14/h3-8,25H,1-2H3,(H2,23,26)/t8-/m1/s1. The zero-order valence-electron chi connectivity index (χ0n) is 14.4. The summed E-state index contributed by atoms with van der Waals surface area (Å²) in [4.78, 5) is 24.7. The Hall–Kier alpha value is -2.93. The summed E-state index contributed by atoms with van der Waals surface area (Å²) in [6.45, 7) is 2.93. The highest BCUT2D eigenvalue weighted by Crippen LogP contribution is 2.38. The molecule has 1 aromatic heterocycles. The molecule has 0 saturated heterocycles. The van der Waals surface area contributed by atoms with Gasteiger partial charge < -0.3 is 10.8 Å². The van der Waals surface area contributed by atoms with E-state index in [4.69, 9.17) is 17.3 Å². The molecule has 3 N–H and O–H groups in total. The molecule has 1 amide bonds. The number of carbonyl (C=O) groups is 2. The monoisotopic (exact) mass is 392 g/mol. The fraction of sp³-hybridized carbons (Fsp3) is 0.158. The smallest absolute Gasteiger partial charge is 0.262 e. The predicted molar refractivity (Wildman–Crippen MR) is 97.0 cm³/mol. The average molecular weight is 393 g/mol. The van der Waals surface area contributed by atoms with Crippen molar-refractivity contribution in [3.05, 3.63) is 63.8 Å². The number of hydrogen-bond donors (Lipinski definition) is 2. The van der Waals surface area contributed by atoms with Gasteiger partial charge in [-0.1, -0.05) is 17.7 Å². The highest BCUT2D eigenvalue weighted by Gasteiger charge is 2.29. The molecule has 0 radical (unpaired) electrons. The molecule has 1 atom stereocenters. The van der Waals surface area contributed by atoms with Gasteiger partial charge in [0.05, 0.1) is 11.4 Å². The molecule has 8 heteroatoms. The predicted octanol–water partition coefficient (Wildman–Crippen LogP) is 3.86. The van der Waals surface area contributed by atoms with Crippen LogP contribution in [0.4, 0.5) is 8.78 Å². The largest absolute Gasteiger partial charge is 0.503 e. The Bertz CT molecular complexity index is 1110. The molecule has 27 heavy (non-hydrogen) atoms. The van der Waals surface area contributed by atoms with Crippen LogP contribution in [0.25, 0.3) is 10.9 Å². The Morgan fingerprint density at radius 1 is 1.26 bits per heavy atom. The van der Waals surface area contributed by atoms with Gasteiger partial charge in [0.25, 0.3) is 5.91 Å². The van der Waals surface area contributed by atoms with E-state index in [1.807, 2.05) is 0 Å². The van der Waals surface area contributed by atoms with Crippen molar-refractivity contribution in [1.82, 2.24) is 4.57 Å². The van der Waals surface area contributed by atoms with Crippen LogP contribution in [-0.2, 0) is 4.79 Å². The topological polar surface area (TPSA) is 85.3 Å². The Morgan fingerprint density at radius 2 is 1.93 bits per heavy atom. The van der Waals surface area contributed by atoms with E-state index in [2.05, 4.69) is 0 Å². The first kappa shape index (κ1) is 18.8. The molecule has 0 unspecified atom stereocenters. The second kappa shape index (κ2) is 6.66. The number of aromatic hydroxyl groups is 1. The van der Waals surface area contributed by atoms with Gasteiger partial charge in [0, 0.05) is 27.7 Å². The number of phenolic OH excluding ortho intramolecular Hbond substituents is 1. The molecule has 3 aromatic rings. The van der Waals surface area contributed by atoms with Crippen molar-refractivity contribution in [1.29, 1.82) is 0 Å². The minimum absolute atomic E-state index is 0.112. The van der Waals surface area contributed by atoms with Crippen LogP contribution in [0.15, 0.2) is 30.3 Å². The lowest BCUT2D eigenvalue weighted by Crippen LogP contribution is -2.20. The highest BCUT2D eigenvalue weighted by atomic mass is 35.5. The van der Waals surface area contributed by atoms with Crippen molar-refractivity contribution in [3.63, 3.8) is 0 Å². The summed E-state index contributed by atoms with van der Waals surface area (Å²) in [5.41, 5.74) is 5.75. The van der Waals surface area contributed by atoms with Crippen molar-refractivity contribution >= 4 is 34.3 Å². The Balaban J connectivity index is 2.41. The first-order chi connectivity index (χ1) is 12.6. The Kier molecular flexibility index (Phi) is 4.65. The molecule has 0 fully saturated rings. The van der Waals surface area contributed by atoms with Crippen molar-refractivity contribution in [2.24, 2.45) is 5.73 Å². The molecule has 3 rings (SSSR count). The van der Waals surface area contributed by atoms with Gasteiger partial charge >= 0.3 is 0 Å². The summed E-state index contributed by atoms with van der Waals surface area (Å²) in [6, 6.07) is 6.91. The van der Waals surface area contributed by atoms with Crippen molar-refractivity contribution in [2.45, 2.75) is 19.8 Å². The second-order valence-electron chi connectivity index (χ2n) is 6.19. The minimum Gasteiger partial charge on any atom is -0.503 e. The van der Waals surface area contributed by atoms with Gasteiger partial charge in [0.15, 0.2) is 17.4 Å². The van der Waals surface area contributed by atoms with E-state index in [1.165, 1.54) is 26.0 Å². The van der Waals surface area contributed by atoms with Gasteiger partial charge in [-0.3, -0.25) is 14.2 Å². The molecule has 5 nitrogen and oxygen atoms in total. The van der Waals surface area contributed by atoms with Gasteiger partial charge in [0.2, 0.25) is 5.91 Å². The molecule has 1 heterocycles. The lowest BCUT2D eigenvalue weighted by atomic mass is 9.97. The summed E-state index contributed by atoms with van der Waals surface area (Å²) in [5, 5.41) is 9.75.